The zero-order chi connectivity index (χ0) is 14.2. The van der Waals surface area contributed by atoms with Gasteiger partial charge in [-0.2, -0.15) is 0 Å². The molecule has 2 N–H and O–H groups in total. The molecule has 1 heterocycles. The van der Waals surface area contributed by atoms with Gasteiger partial charge < -0.3 is 10.5 Å². The van der Waals surface area contributed by atoms with Gasteiger partial charge in [-0.25, -0.2) is 0 Å². The van der Waals surface area contributed by atoms with Gasteiger partial charge in [-0.3, -0.25) is 0 Å². The molecule has 2 aromatic rings. The fraction of sp³-hybridized carbons (Fsp3) is 0.286. The third-order valence-corrected chi connectivity index (χ3v) is 5.43. The minimum Gasteiger partial charge on any atom is -0.496 e. The van der Waals surface area contributed by atoms with E-state index in [0.29, 0.717) is 0 Å². The fourth-order valence-electron chi connectivity index (χ4n) is 2.23. The Morgan fingerprint density at radius 1 is 1.21 bits per heavy atom. The van der Waals surface area contributed by atoms with E-state index in [4.69, 9.17) is 10.5 Å². The molecule has 0 bridgehead atoms. The van der Waals surface area contributed by atoms with E-state index in [9.17, 15) is 0 Å². The van der Waals surface area contributed by atoms with Gasteiger partial charge in [-0.1, -0.05) is 6.07 Å². The SMILES string of the molecule is COc1cc(C)cc(C)c1C(N)c1cc(Br)sc1Br. The van der Waals surface area contributed by atoms with Gasteiger partial charge >= 0.3 is 0 Å². The fourth-order valence-corrected chi connectivity index (χ4v) is 5.16. The molecule has 1 atom stereocenters. The van der Waals surface area contributed by atoms with Crippen molar-refractivity contribution in [3.63, 3.8) is 0 Å². The number of hydrogen-bond acceptors (Lipinski definition) is 3. The van der Waals surface area contributed by atoms with Crippen LogP contribution in [-0.2, 0) is 0 Å². The zero-order valence-electron chi connectivity index (χ0n) is 11.0. The van der Waals surface area contributed by atoms with E-state index in [1.54, 1.807) is 18.4 Å². The largest absolute Gasteiger partial charge is 0.496 e. The Labute approximate surface area is 134 Å². The first kappa shape index (κ1) is 15.0. The van der Waals surface area contributed by atoms with Crippen molar-refractivity contribution in [2.75, 3.05) is 7.11 Å². The highest BCUT2D eigenvalue weighted by Gasteiger charge is 2.21. The summed E-state index contributed by atoms with van der Waals surface area (Å²) in [5.74, 6) is 0.847. The molecule has 19 heavy (non-hydrogen) atoms. The van der Waals surface area contributed by atoms with Crippen LogP contribution in [-0.4, -0.2) is 7.11 Å². The van der Waals surface area contributed by atoms with Gasteiger partial charge in [-0.15, -0.1) is 11.3 Å². The second-order valence-electron chi connectivity index (χ2n) is 4.45. The quantitative estimate of drug-likeness (QED) is 0.785. The van der Waals surface area contributed by atoms with E-state index in [1.165, 1.54) is 5.56 Å². The number of thiophene rings is 1. The summed E-state index contributed by atoms with van der Waals surface area (Å²) in [4.78, 5) is 0. The smallest absolute Gasteiger partial charge is 0.124 e. The molecule has 0 radical (unpaired) electrons. The number of halogens is 2. The lowest BCUT2D eigenvalue weighted by Crippen LogP contribution is -2.14. The van der Waals surface area contributed by atoms with Crippen LogP contribution in [0.15, 0.2) is 25.8 Å². The molecule has 1 aromatic heterocycles. The first-order valence-corrected chi connectivity index (χ1v) is 8.19. The van der Waals surface area contributed by atoms with Crippen molar-refractivity contribution in [2.45, 2.75) is 19.9 Å². The van der Waals surface area contributed by atoms with Crippen LogP contribution in [0.1, 0.15) is 28.3 Å². The summed E-state index contributed by atoms with van der Waals surface area (Å²) in [6.45, 7) is 4.13. The molecular weight excluding hydrogens is 390 g/mol. The molecule has 102 valence electrons. The zero-order valence-corrected chi connectivity index (χ0v) is 14.9. The Morgan fingerprint density at radius 2 is 1.89 bits per heavy atom. The molecule has 1 aromatic carbocycles. The van der Waals surface area contributed by atoms with E-state index in [2.05, 4.69) is 57.8 Å². The molecule has 2 rings (SSSR count). The van der Waals surface area contributed by atoms with Gasteiger partial charge in [0.1, 0.15) is 5.75 Å². The molecule has 0 spiro atoms. The molecule has 0 aliphatic heterocycles. The monoisotopic (exact) mass is 403 g/mol. The van der Waals surface area contributed by atoms with Crippen LogP contribution >= 0.6 is 43.2 Å². The number of nitrogens with two attached hydrogens (primary N) is 1. The summed E-state index contributed by atoms with van der Waals surface area (Å²) in [5.41, 5.74) is 10.9. The van der Waals surface area contributed by atoms with Gasteiger partial charge in [0.05, 0.1) is 20.7 Å². The molecule has 0 saturated heterocycles. The van der Waals surface area contributed by atoms with Crippen molar-refractivity contribution in [1.29, 1.82) is 0 Å². The average Bonchev–Trinajstić information content (AvgIpc) is 2.66. The van der Waals surface area contributed by atoms with Crippen molar-refractivity contribution in [2.24, 2.45) is 5.73 Å². The Morgan fingerprint density at radius 3 is 2.42 bits per heavy atom. The van der Waals surface area contributed by atoms with Crippen LogP contribution in [0.4, 0.5) is 0 Å². The van der Waals surface area contributed by atoms with E-state index in [-0.39, 0.29) is 6.04 Å². The molecule has 2 nitrogen and oxygen atoms in total. The van der Waals surface area contributed by atoms with E-state index < -0.39 is 0 Å². The molecule has 0 aliphatic carbocycles. The van der Waals surface area contributed by atoms with Crippen molar-refractivity contribution < 1.29 is 4.74 Å². The Kier molecular flexibility index (Phi) is 4.71. The van der Waals surface area contributed by atoms with Crippen LogP contribution in [0.2, 0.25) is 0 Å². The van der Waals surface area contributed by atoms with Crippen molar-refractivity contribution in [1.82, 2.24) is 0 Å². The highest BCUT2D eigenvalue weighted by atomic mass is 79.9. The van der Waals surface area contributed by atoms with Crippen molar-refractivity contribution >= 4 is 43.2 Å². The van der Waals surface area contributed by atoms with Crippen molar-refractivity contribution in [3.05, 3.63) is 48.0 Å². The number of aryl methyl sites for hydroxylation is 2. The second kappa shape index (κ2) is 5.95. The molecular formula is C14H15Br2NOS. The topological polar surface area (TPSA) is 35.2 Å². The number of rotatable bonds is 3. The standard InChI is InChI=1S/C14H15Br2NOS/c1-7-4-8(2)12(10(5-7)18-3)13(17)9-6-11(15)19-14(9)16/h4-6,13H,17H2,1-3H3. The van der Waals surface area contributed by atoms with E-state index in [0.717, 1.165) is 30.0 Å². The Hall–Kier alpha value is -0.360. The van der Waals surface area contributed by atoms with E-state index in [1.807, 2.05) is 6.07 Å². The summed E-state index contributed by atoms with van der Waals surface area (Å²) in [6.07, 6.45) is 0. The number of ether oxygens (including phenoxy) is 1. The first-order chi connectivity index (χ1) is 8.93. The summed E-state index contributed by atoms with van der Waals surface area (Å²) >= 11 is 8.69. The molecule has 5 heteroatoms. The van der Waals surface area contributed by atoms with Gasteiger partial charge in [0.2, 0.25) is 0 Å². The Balaban J connectivity index is 2.55. The number of methoxy groups -OCH3 is 1. The predicted octanol–water partition coefficient (Wildman–Crippen LogP) is 4.95. The Bertz CT molecular complexity index is 610. The molecule has 0 amide bonds. The van der Waals surface area contributed by atoms with Crippen LogP contribution in [0.3, 0.4) is 0 Å². The lowest BCUT2D eigenvalue weighted by Gasteiger charge is -2.19. The minimum absolute atomic E-state index is 0.201. The minimum atomic E-state index is -0.201. The summed E-state index contributed by atoms with van der Waals surface area (Å²) < 4.78 is 7.61. The highest BCUT2D eigenvalue weighted by molar-refractivity contribution is 9.12. The molecule has 0 saturated carbocycles. The lowest BCUT2D eigenvalue weighted by atomic mass is 9.95. The molecule has 1 unspecified atom stereocenters. The first-order valence-electron chi connectivity index (χ1n) is 5.79. The second-order valence-corrected chi connectivity index (χ2v) is 8.20. The molecule has 0 fully saturated rings. The predicted molar refractivity (Wildman–Crippen MR) is 88.2 cm³/mol. The van der Waals surface area contributed by atoms with E-state index >= 15 is 0 Å². The highest BCUT2D eigenvalue weighted by Crippen LogP contribution is 2.40. The van der Waals surface area contributed by atoms with Gasteiger partial charge in [-0.05, 0) is 74.5 Å². The van der Waals surface area contributed by atoms with Gasteiger partial charge in [0.15, 0.2) is 0 Å². The normalized spacial score (nSPS) is 12.5. The van der Waals surface area contributed by atoms with Gasteiger partial charge in [0.25, 0.3) is 0 Å². The maximum absolute atomic E-state index is 6.43. The average molecular weight is 405 g/mol. The third-order valence-electron chi connectivity index (χ3n) is 3.04. The summed E-state index contributed by atoms with van der Waals surface area (Å²) in [7, 11) is 1.68. The lowest BCUT2D eigenvalue weighted by molar-refractivity contribution is 0.407. The third kappa shape index (κ3) is 3.05. The van der Waals surface area contributed by atoms with Crippen molar-refractivity contribution in [3.8, 4) is 5.75 Å². The van der Waals surface area contributed by atoms with Crippen LogP contribution in [0, 0.1) is 13.8 Å². The van der Waals surface area contributed by atoms with Gasteiger partial charge in [0, 0.05) is 5.56 Å². The summed E-state index contributed by atoms with van der Waals surface area (Å²) in [5, 5.41) is 0. The number of benzene rings is 1. The summed E-state index contributed by atoms with van der Waals surface area (Å²) in [6, 6.07) is 6.01. The van der Waals surface area contributed by atoms with Crippen LogP contribution in [0.5, 0.6) is 5.75 Å². The number of hydrogen-bond donors (Lipinski definition) is 1. The molecule has 0 aliphatic rings. The van der Waals surface area contributed by atoms with Crippen LogP contribution < -0.4 is 10.5 Å². The maximum atomic E-state index is 6.43. The maximum Gasteiger partial charge on any atom is 0.124 e. The van der Waals surface area contributed by atoms with Crippen LogP contribution in [0.25, 0.3) is 0 Å².